The fourth-order valence-electron chi connectivity index (χ4n) is 2.65. The molecule has 1 heterocycles. The fraction of sp³-hybridized carbons (Fsp3) is 0.722. The van der Waals surface area contributed by atoms with Gasteiger partial charge in [0.2, 0.25) is 0 Å². The molecule has 2 atom stereocenters. The van der Waals surface area contributed by atoms with Crippen LogP contribution in [0.15, 0.2) is 23.8 Å². The standard InChI is InChI=1S/C18H31BO4/c1-6-8-14-19-22-16(11-12-17(20)21-7-2)18(5,23-19)13-9-10-15(3)4/h10-12,16H,6-9,13-14H2,1-5H3/b12-11+/t16-,18-/m0/s1. The van der Waals surface area contributed by atoms with Crippen LogP contribution >= 0.6 is 0 Å². The van der Waals surface area contributed by atoms with E-state index in [1.807, 2.05) is 0 Å². The summed E-state index contributed by atoms with van der Waals surface area (Å²) in [5.41, 5.74) is 0.890. The van der Waals surface area contributed by atoms with Crippen LogP contribution in [0.5, 0.6) is 0 Å². The van der Waals surface area contributed by atoms with Crippen molar-refractivity contribution in [3.8, 4) is 0 Å². The van der Waals surface area contributed by atoms with E-state index in [4.69, 9.17) is 14.0 Å². The molecule has 130 valence electrons. The summed E-state index contributed by atoms with van der Waals surface area (Å²) in [7, 11) is -0.191. The highest BCUT2D eigenvalue weighted by Crippen LogP contribution is 2.35. The first-order valence-corrected chi connectivity index (χ1v) is 8.73. The highest BCUT2D eigenvalue weighted by Gasteiger charge is 2.46. The van der Waals surface area contributed by atoms with Gasteiger partial charge in [0.1, 0.15) is 0 Å². The summed E-state index contributed by atoms with van der Waals surface area (Å²) in [6.07, 6.45) is 10.1. The molecule has 4 nitrogen and oxygen atoms in total. The number of carbonyl (C=O) groups excluding carboxylic acids is 1. The monoisotopic (exact) mass is 322 g/mol. The molecule has 0 N–H and O–H groups in total. The van der Waals surface area contributed by atoms with E-state index in [1.54, 1.807) is 13.0 Å². The molecule has 1 fully saturated rings. The number of ether oxygens (including phenoxy) is 1. The molecule has 0 bridgehead atoms. The number of hydrogen-bond acceptors (Lipinski definition) is 4. The Morgan fingerprint density at radius 1 is 1.35 bits per heavy atom. The molecule has 1 rings (SSSR count). The van der Waals surface area contributed by atoms with E-state index in [0.717, 1.165) is 32.0 Å². The van der Waals surface area contributed by atoms with Gasteiger partial charge >= 0.3 is 13.1 Å². The molecular weight excluding hydrogens is 291 g/mol. The second-order valence-corrected chi connectivity index (χ2v) is 6.49. The van der Waals surface area contributed by atoms with Crippen LogP contribution in [0.3, 0.4) is 0 Å². The van der Waals surface area contributed by atoms with Crippen LogP contribution in [0.1, 0.15) is 60.3 Å². The Balaban J connectivity index is 2.74. The first-order valence-electron chi connectivity index (χ1n) is 8.73. The fourth-order valence-corrected chi connectivity index (χ4v) is 2.65. The van der Waals surface area contributed by atoms with Crippen LogP contribution in [0, 0.1) is 0 Å². The molecular formula is C18H31BO4. The maximum Gasteiger partial charge on any atom is 0.457 e. The Kier molecular flexibility index (Phi) is 8.63. The van der Waals surface area contributed by atoms with E-state index in [1.165, 1.54) is 11.6 Å². The number of esters is 1. The Labute approximate surface area is 141 Å². The van der Waals surface area contributed by atoms with Gasteiger partial charge in [0.05, 0.1) is 18.3 Å². The lowest BCUT2D eigenvalue weighted by Crippen LogP contribution is -2.35. The number of carbonyl (C=O) groups is 1. The third kappa shape index (κ3) is 6.92. The van der Waals surface area contributed by atoms with Gasteiger partial charge in [-0.3, -0.25) is 0 Å². The zero-order valence-corrected chi connectivity index (χ0v) is 15.3. The molecule has 0 aromatic carbocycles. The molecule has 0 aromatic rings. The van der Waals surface area contributed by atoms with Crippen molar-refractivity contribution in [2.24, 2.45) is 0 Å². The summed E-state index contributed by atoms with van der Waals surface area (Å²) in [5, 5.41) is 0. The van der Waals surface area contributed by atoms with Crippen molar-refractivity contribution in [1.82, 2.24) is 0 Å². The van der Waals surface area contributed by atoms with Gasteiger partial charge in [-0.05, 0) is 52.9 Å². The third-order valence-corrected chi connectivity index (χ3v) is 3.98. The quantitative estimate of drug-likeness (QED) is 0.274. The SMILES string of the molecule is CCCCB1O[C@@H](/C=C/C(=O)OCC)[C@](C)(CCC=C(C)C)O1. The lowest BCUT2D eigenvalue weighted by Gasteiger charge is -2.28. The predicted octanol–water partition coefficient (Wildman–Crippen LogP) is 4.31. The van der Waals surface area contributed by atoms with Crippen LogP contribution in [0.4, 0.5) is 0 Å². The highest BCUT2D eigenvalue weighted by atomic mass is 16.7. The molecule has 0 radical (unpaired) electrons. The molecule has 0 aromatic heterocycles. The molecule has 23 heavy (non-hydrogen) atoms. The second kappa shape index (κ2) is 9.94. The van der Waals surface area contributed by atoms with Gasteiger partial charge in [-0.25, -0.2) is 4.79 Å². The molecule has 1 saturated heterocycles. The highest BCUT2D eigenvalue weighted by molar-refractivity contribution is 6.45. The van der Waals surface area contributed by atoms with Crippen molar-refractivity contribution in [2.45, 2.75) is 78.3 Å². The van der Waals surface area contributed by atoms with Crippen LogP contribution in [0.25, 0.3) is 0 Å². The minimum atomic E-state index is -0.409. The van der Waals surface area contributed by atoms with Crippen molar-refractivity contribution < 1.29 is 18.8 Å². The van der Waals surface area contributed by atoms with Crippen molar-refractivity contribution in [2.75, 3.05) is 6.61 Å². The average molecular weight is 322 g/mol. The number of rotatable bonds is 9. The molecule has 1 aliphatic rings. The van der Waals surface area contributed by atoms with E-state index in [9.17, 15) is 4.79 Å². The predicted molar refractivity (Wildman–Crippen MR) is 94.3 cm³/mol. The van der Waals surface area contributed by atoms with Crippen LogP contribution in [-0.4, -0.2) is 31.4 Å². The van der Waals surface area contributed by atoms with E-state index in [0.29, 0.717) is 6.61 Å². The zero-order valence-electron chi connectivity index (χ0n) is 15.3. The van der Waals surface area contributed by atoms with Gasteiger partial charge in [0.25, 0.3) is 0 Å². The second-order valence-electron chi connectivity index (χ2n) is 6.49. The summed E-state index contributed by atoms with van der Waals surface area (Å²) in [6.45, 7) is 10.6. The van der Waals surface area contributed by atoms with Gasteiger partial charge < -0.3 is 14.0 Å². The number of unbranched alkanes of at least 4 members (excludes halogenated alkanes) is 1. The summed E-state index contributed by atoms with van der Waals surface area (Å²) < 4.78 is 17.2. The molecule has 0 saturated carbocycles. The van der Waals surface area contributed by atoms with Crippen molar-refractivity contribution in [3.05, 3.63) is 23.8 Å². The van der Waals surface area contributed by atoms with Crippen LogP contribution in [-0.2, 0) is 18.8 Å². The maximum atomic E-state index is 11.6. The zero-order chi connectivity index (χ0) is 17.3. The van der Waals surface area contributed by atoms with Crippen molar-refractivity contribution >= 4 is 13.1 Å². The third-order valence-electron chi connectivity index (χ3n) is 3.98. The topological polar surface area (TPSA) is 44.8 Å². The van der Waals surface area contributed by atoms with Crippen LogP contribution < -0.4 is 0 Å². The van der Waals surface area contributed by atoms with Gasteiger partial charge in [-0.15, -0.1) is 0 Å². The Morgan fingerprint density at radius 2 is 2.09 bits per heavy atom. The number of hydrogen-bond donors (Lipinski definition) is 0. The minimum Gasteiger partial charge on any atom is -0.463 e. The summed E-state index contributed by atoms with van der Waals surface area (Å²) >= 11 is 0. The summed E-state index contributed by atoms with van der Waals surface area (Å²) in [6, 6.07) is 0. The smallest absolute Gasteiger partial charge is 0.457 e. The lowest BCUT2D eigenvalue weighted by atomic mass is 9.82. The van der Waals surface area contributed by atoms with Crippen molar-refractivity contribution in [1.29, 1.82) is 0 Å². The molecule has 0 spiro atoms. The molecule has 1 aliphatic heterocycles. The maximum absolute atomic E-state index is 11.6. The average Bonchev–Trinajstić information content (AvgIpc) is 2.79. The van der Waals surface area contributed by atoms with E-state index < -0.39 is 5.60 Å². The van der Waals surface area contributed by atoms with Crippen LogP contribution in [0.2, 0.25) is 6.32 Å². The first-order chi connectivity index (χ1) is 10.9. The Bertz CT molecular complexity index is 429. The van der Waals surface area contributed by atoms with E-state index in [2.05, 4.69) is 33.8 Å². The molecule has 5 heteroatoms. The van der Waals surface area contributed by atoms with Crippen molar-refractivity contribution in [3.63, 3.8) is 0 Å². The summed E-state index contributed by atoms with van der Waals surface area (Å²) in [4.78, 5) is 11.6. The Morgan fingerprint density at radius 3 is 2.70 bits per heavy atom. The Hall–Kier alpha value is -1.07. The first kappa shape index (κ1) is 20.0. The van der Waals surface area contributed by atoms with Gasteiger partial charge in [0.15, 0.2) is 0 Å². The van der Waals surface area contributed by atoms with Gasteiger partial charge in [0, 0.05) is 6.08 Å². The van der Waals surface area contributed by atoms with E-state index >= 15 is 0 Å². The minimum absolute atomic E-state index is 0.191. The molecule has 0 unspecified atom stereocenters. The number of allylic oxidation sites excluding steroid dienone is 2. The molecule has 0 aliphatic carbocycles. The largest absolute Gasteiger partial charge is 0.463 e. The van der Waals surface area contributed by atoms with E-state index in [-0.39, 0.29) is 19.2 Å². The normalized spacial score (nSPS) is 24.2. The lowest BCUT2D eigenvalue weighted by molar-refractivity contribution is -0.137. The molecule has 0 amide bonds. The van der Waals surface area contributed by atoms with Gasteiger partial charge in [-0.1, -0.05) is 31.4 Å². The summed E-state index contributed by atoms with van der Waals surface area (Å²) in [5.74, 6) is -0.334. The van der Waals surface area contributed by atoms with Gasteiger partial charge in [-0.2, -0.15) is 0 Å².